The lowest BCUT2D eigenvalue weighted by Gasteiger charge is -2.10. The molecule has 9 nitrogen and oxygen atoms in total. The number of carbonyl (C=O) groups is 1. The number of amides is 1. The molecule has 5 rings (SSSR count). The van der Waals surface area contributed by atoms with E-state index in [2.05, 4.69) is 20.5 Å². The van der Waals surface area contributed by atoms with Crippen LogP contribution in [-0.2, 0) is 4.79 Å². The zero-order chi connectivity index (χ0) is 24.0. The number of nitrogens with one attached hydrogen (secondary N) is 1. The third-order valence-electron chi connectivity index (χ3n) is 5.13. The topological polar surface area (TPSA) is 104 Å². The van der Waals surface area contributed by atoms with Crippen LogP contribution in [0, 0.1) is 0 Å². The molecule has 0 saturated heterocycles. The molecule has 0 bridgehead atoms. The van der Waals surface area contributed by atoms with Crippen molar-refractivity contribution < 1.29 is 14.3 Å². The molecule has 0 aliphatic rings. The van der Waals surface area contributed by atoms with Crippen LogP contribution in [0.5, 0.6) is 11.5 Å². The Balaban J connectivity index is 1.29. The number of fused-ring (bicyclic) bond motifs is 1. The zero-order valence-corrected chi connectivity index (χ0v) is 19.0. The SMILES string of the molecule is CCOc1ccc(OCC(=O)Nc2cccc(-c3ccc4nnc(-c5cccnc5)n4n3)c2)cc1. The molecule has 0 aliphatic carbocycles. The van der Waals surface area contributed by atoms with Gasteiger partial charge in [0, 0.05) is 29.2 Å². The minimum Gasteiger partial charge on any atom is -0.494 e. The normalized spacial score (nSPS) is 10.8. The quantitative estimate of drug-likeness (QED) is 0.364. The van der Waals surface area contributed by atoms with Crippen LogP contribution in [0.4, 0.5) is 5.69 Å². The second kappa shape index (κ2) is 10.0. The van der Waals surface area contributed by atoms with Crippen LogP contribution >= 0.6 is 0 Å². The molecule has 0 unspecified atom stereocenters. The highest BCUT2D eigenvalue weighted by Crippen LogP contribution is 2.23. The maximum atomic E-state index is 12.4. The van der Waals surface area contributed by atoms with Gasteiger partial charge in [-0.3, -0.25) is 9.78 Å². The summed E-state index contributed by atoms with van der Waals surface area (Å²) in [5.41, 5.74) is 3.63. The van der Waals surface area contributed by atoms with E-state index in [9.17, 15) is 4.79 Å². The Labute approximate surface area is 201 Å². The summed E-state index contributed by atoms with van der Waals surface area (Å²) in [6.07, 6.45) is 3.42. The van der Waals surface area contributed by atoms with Crippen molar-refractivity contribution >= 4 is 17.2 Å². The summed E-state index contributed by atoms with van der Waals surface area (Å²) in [5, 5.41) is 16.0. The van der Waals surface area contributed by atoms with Gasteiger partial charge < -0.3 is 14.8 Å². The lowest BCUT2D eigenvalue weighted by Crippen LogP contribution is -2.20. The van der Waals surface area contributed by atoms with Gasteiger partial charge in [0.1, 0.15) is 11.5 Å². The smallest absolute Gasteiger partial charge is 0.262 e. The van der Waals surface area contributed by atoms with Gasteiger partial charge in [0.15, 0.2) is 18.1 Å². The molecule has 5 aromatic rings. The van der Waals surface area contributed by atoms with E-state index in [0.29, 0.717) is 35.2 Å². The van der Waals surface area contributed by atoms with E-state index >= 15 is 0 Å². The van der Waals surface area contributed by atoms with Gasteiger partial charge in [-0.25, -0.2) is 0 Å². The van der Waals surface area contributed by atoms with Gasteiger partial charge in [0.05, 0.1) is 12.3 Å². The van der Waals surface area contributed by atoms with Crippen molar-refractivity contribution in [1.82, 2.24) is 24.8 Å². The van der Waals surface area contributed by atoms with Crippen LogP contribution in [0.25, 0.3) is 28.3 Å². The minimum absolute atomic E-state index is 0.113. The Bertz CT molecular complexity index is 1450. The predicted molar refractivity (Wildman–Crippen MR) is 131 cm³/mol. The van der Waals surface area contributed by atoms with Crippen LogP contribution in [0.3, 0.4) is 0 Å². The Morgan fingerprint density at radius 1 is 0.914 bits per heavy atom. The minimum atomic E-state index is -0.267. The number of nitrogens with zero attached hydrogens (tertiary/aromatic N) is 5. The van der Waals surface area contributed by atoms with Crippen molar-refractivity contribution in [3.63, 3.8) is 0 Å². The summed E-state index contributed by atoms with van der Waals surface area (Å²) in [6, 6.07) is 22.1. The summed E-state index contributed by atoms with van der Waals surface area (Å²) >= 11 is 0. The Morgan fingerprint density at radius 3 is 2.49 bits per heavy atom. The second-order valence-electron chi connectivity index (χ2n) is 7.58. The first-order valence-corrected chi connectivity index (χ1v) is 11.1. The van der Waals surface area contributed by atoms with E-state index in [-0.39, 0.29) is 12.5 Å². The van der Waals surface area contributed by atoms with Crippen LogP contribution in [0.1, 0.15) is 6.92 Å². The van der Waals surface area contributed by atoms with Crippen LogP contribution < -0.4 is 14.8 Å². The van der Waals surface area contributed by atoms with E-state index < -0.39 is 0 Å². The first-order valence-electron chi connectivity index (χ1n) is 11.1. The molecule has 35 heavy (non-hydrogen) atoms. The molecule has 0 radical (unpaired) electrons. The first-order chi connectivity index (χ1) is 17.2. The number of aromatic nitrogens is 5. The number of pyridine rings is 1. The molecular formula is C26H22N6O3. The fourth-order valence-electron chi connectivity index (χ4n) is 3.52. The third kappa shape index (κ3) is 5.09. The summed E-state index contributed by atoms with van der Waals surface area (Å²) in [6.45, 7) is 2.40. The zero-order valence-electron chi connectivity index (χ0n) is 19.0. The number of benzene rings is 2. The molecule has 0 atom stereocenters. The summed E-state index contributed by atoms with van der Waals surface area (Å²) < 4.78 is 12.7. The predicted octanol–water partition coefficient (Wildman–Crippen LogP) is 4.27. The Hall–Kier alpha value is -4.79. The van der Waals surface area contributed by atoms with E-state index in [1.807, 2.05) is 55.5 Å². The largest absolute Gasteiger partial charge is 0.494 e. The van der Waals surface area contributed by atoms with Gasteiger partial charge in [-0.2, -0.15) is 9.61 Å². The number of hydrogen-bond donors (Lipinski definition) is 1. The van der Waals surface area contributed by atoms with Crippen molar-refractivity contribution in [3.05, 3.63) is 85.2 Å². The molecule has 0 fully saturated rings. The third-order valence-corrected chi connectivity index (χ3v) is 5.13. The van der Waals surface area contributed by atoms with Crippen molar-refractivity contribution in [2.75, 3.05) is 18.5 Å². The molecule has 3 heterocycles. The maximum Gasteiger partial charge on any atom is 0.262 e. The lowest BCUT2D eigenvalue weighted by atomic mass is 10.1. The van der Waals surface area contributed by atoms with Crippen LogP contribution in [0.2, 0.25) is 0 Å². The standard InChI is InChI=1S/C26H22N6O3/c1-2-34-21-8-10-22(11-9-21)35-17-25(33)28-20-7-3-5-18(15-20)23-12-13-24-29-30-26(32(24)31-23)19-6-4-14-27-16-19/h3-16H,2,17H2,1H3,(H,28,33). The highest BCUT2D eigenvalue weighted by atomic mass is 16.5. The molecular weight excluding hydrogens is 444 g/mol. The fourth-order valence-corrected chi connectivity index (χ4v) is 3.52. The fraction of sp³-hybridized carbons (Fsp3) is 0.115. The molecule has 3 aromatic heterocycles. The van der Waals surface area contributed by atoms with Crippen LogP contribution in [0.15, 0.2) is 85.2 Å². The van der Waals surface area contributed by atoms with E-state index in [1.165, 1.54) is 0 Å². The van der Waals surface area contributed by atoms with Gasteiger partial charge in [0.2, 0.25) is 0 Å². The average molecular weight is 467 g/mol. The molecule has 2 aromatic carbocycles. The first kappa shape index (κ1) is 22.0. The van der Waals surface area contributed by atoms with Gasteiger partial charge in [-0.1, -0.05) is 12.1 Å². The second-order valence-corrected chi connectivity index (χ2v) is 7.58. The van der Waals surface area contributed by atoms with Gasteiger partial charge >= 0.3 is 0 Å². The maximum absolute atomic E-state index is 12.4. The highest BCUT2D eigenvalue weighted by molar-refractivity contribution is 5.92. The van der Waals surface area contributed by atoms with Gasteiger partial charge in [-0.05, 0) is 67.6 Å². The monoisotopic (exact) mass is 466 g/mol. The van der Waals surface area contributed by atoms with Crippen molar-refractivity contribution in [2.24, 2.45) is 0 Å². The number of hydrogen-bond acceptors (Lipinski definition) is 7. The molecule has 0 aliphatic heterocycles. The molecule has 0 spiro atoms. The van der Waals surface area contributed by atoms with Gasteiger partial charge in [-0.15, -0.1) is 10.2 Å². The molecule has 0 saturated carbocycles. The Kier molecular flexibility index (Phi) is 6.29. The molecule has 1 N–H and O–H groups in total. The van der Waals surface area contributed by atoms with Gasteiger partial charge in [0.25, 0.3) is 5.91 Å². The molecule has 9 heteroatoms. The van der Waals surface area contributed by atoms with E-state index in [0.717, 1.165) is 16.9 Å². The highest BCUT2D eigenvalue weighted by Gasteiger charge is 2.12. The molecule has 1 amide bonds. The van der Waals surface area contributed by atoms with Crippen LogP contribution in [-0.4, -0.2) is 43.9 Å². The number of rotatable bonds is 8. The summed E-state index contributed by atoms with van der Waals surface area (Å²) in [5.74, 6) is 1.68. The molecule has 174 valence electrons. The Morgan fingerprint density at radius 2 is 1.71 bits per heavy atom. The summed E-state index contributed by atoms with van der Waals surface area (Å²) in [4.78, 5) is 16.6. The lowest BCUT2D eigenvalue weighted by molar-refractivity contribution is -0.118. The van der Waals surface area contributed by atoms with E-state index in [4.69, 9.17) is 14.6 Å². The van der Waals surface area contributed by atoms with Crippen molar-refractivity contribution in [3.8, 4) is 34.1 Å². The average Bonchev–Trinajstić information content (AvgIpc) is 3.32. The van der Waals surface area contributed by atoms with Crippen molar-refractivity contribution in [1.29, 1.82) is 0 Å². The van der Waals surface area contributed by atoms with Crippen molar-refractivity contribution in [2.45, 2.75) is 6.92 Å². The summed E-state index contributed by atoms with van der Waals surface area (Å²) in [7, 11) is 0. The number of carbonyl (C=O) groups excluding carboxylic acids is 1. The number of ether oxygens (including phenoxy) is 2. The van der Waals surface area contributed by atoms with E-state index in [1.54, 1.807) is 41.2 Å². The number of anilines is 1.